The minimum atomic E-state index is 0.565. The third-order valence-electron chi connectivity index (χ3n) is 4.24. The molecule has 4 heterocycles. The Labute approximate surface area is 97.6 Å². The molecule has 0 radical (unpaired) electrons. The van der Waals surface area contributed by atoms with Gasteiger partial charge in [-0.3, -0.25) is 4.90 Å². The number of aryl methyl sites for hydroxylation is 1. The van der Waals surface area contributed by atoms with Gasteiger partial charge in [0.25, 0.3) is 0 Å². The summed E-state index contributed by atoms with van der Waals surface area (Å²) in [6.45, 7) is 4.91. The Morgan fingerprint density at radius 2 is 2.12 bits per heavy atom. The summed E-state index contributed by atoms with van der Waals surface area (Å²) in [6, 6.07) is 5.15. The summed E-state index contributed by atoms with van der Waals surface area (Å²) in [6.07, 6.45) is 6.75. The molecule has 3 fully saturated rings. The fourth-order valence-corrected chi connectivity index (χ4v) is 3.33. The van der Waals surface area contributed by atoms with Crippen molar-refractivity contribution in [2.45, 2.75) is 38.4 Å². The first-order chi connectivity index (χ1) is 7.77. The molecule has 16 heavy (non-hydrogen) atoms. The molecule has 1 aromatic heterocycles. The molecule has 2 unspecified atom stereocenters. The number of hydrogen-bond donors (Lipinski definition) is 0. The van der Waals surface area contributed by atoms with Gasteiger partial charge in [0, 0.05) is 32.4 Å². The van der Waals surface area contributed by atoms with E-state index in [2.05, 4.69) is 46.7 Å². The predicted octanol–water partition coefficient (Wildman–Crippen LogP) is 2.05. The van der Waals surface area contributed by atoms with Crippen LogP contribution in [0.5, 0.6) is 0 Å². The highest BCUT2D eigenvalue weighted by atomic mass is 15.4. The van der Waals surface area contributed by atoms with Gasteiger partial charge in [0.15, 0.2) is 0 Å². The third kappa shape index (κ3) is 1.46. The van der Waals surface area contributed by atoms with E-state index in [9.17, 15) is 0 Å². The second kappa shape index (κ2) is 3.81. The minimum Gasteiger partial charge on any atom is -0.340 e. The number of hydrogen-bond acceptors (Lipinski definition) is 2. The van der Waals surface area contributed by atoms with E-state index in [1.54, 1.807) is 0 Å². The topological polar surface area (TPSA) is 11.4 Å². The SMILES string of the molecule is C[C@H]1N2CCCC(CC2)N1c1cccn1C. The second-order valence-corrected chi connectivity index (χ2v) is 5.14. The molecule has 3 aliphatic rings. The van der Waals surface area contributed by atoms with Gasteiger partial charge < -0.3 is 9.47 Å². The van der Waals surface area contributed by atoms with E-state index in [1.165, 1.54) is 38.2 Å². The molecule has 1 aromatic rings. The van der Waals surface area contributed by atoms with Crippen molar-refractivity contribution in [3.63, 3.8) is 0 Å². The Balaban J connectivity index is 1.97. The quantitative estimate of drug-likeness (QED) is 0.716. The molecule has 0 N–H and O–H groups in total. The van der Waals surface area contributed by atoms with Crippen LogP contribution in [0.1, 0.15) is 26.2 Å². The van der Waals surface area contributed by atoms with Crippen LogP contribution in [0.4, 0.5) is 5.82 Å². The summed E-state index contributed by atoms with van der Waals surface area (Å²) >= 11 is 0. The molecule has 0 amide bonds. The van der Waals surface area contributed by atoms with Crippen LogP contribution in [0.15, 0.2) is 18.3 Å². The summed E-state index contributed by atoms with van der Waals surface area (Å²) < 4.78 is 2.25. The molecule has 3 saturated heterocycles. The maximum atomic E-state index is 2.62. The summed E-state index contributed by atoms with van der Waals surface area (Å²) in [7, 11) is 2.15. The van der Waals surface area contributed by atoms with Crippen molar-refractivity contribution in [3.8, 4) is 0 Å². The van der Waals surface area contributed by atoms with Gasteiger partial charge in [-0.25, -0.2) is 0 Å². The summed E-state index contributed by atoms with van der Waals surface area (Å²) in [5.74, 6) is 1.38. The van der Waals surface area contributed by atoms with Crippen molar-refractivity contribution in [1.82, 2.24) is 9.47 Å². The van der Waals surface area contributed by atoms with Gasteiger partial charge in [-0.1, -0.05) is 0 Å². The van der Waals surface area contributed by atoms with Gasteiger partial charge in [-0.15, -0.1) is 0 Å². The maximum absolute atomic E-state index is 2.62. The van der Waals surface area contributed by atoms with E-state index in [1.807, 2.05) is 0 Å². The molecule has 3 atom stereocenters. The van der Waals surface area contributed by atoms with Crippen LogP contribution in [0.3, 0.4) is 0 Å². The normalized spacial score (nSPS) is 34.1. The number of rotatable bonds is 1. The van der Waals surface area contributed by atoms with Crippen LogP contribution in [0, 0.1) is 0 Å². The first kappa shape index (κ1) is 10.2. The fourth-order valence-electron chi connectivity index (χ4n) is 3.33. The summed E-state index contributed by atoms with van der Waals surface area (Å²) in [5, 5.41) is 0. The molecule has 2 bridgehead atoms. The van der Waals surface area contributed by atoms with Crippen molar-refractivity contribution >= 4 is 5.82 Å². The van der Waals surface area contributed by atoms with Gasteiger partial charge in [0.2, 0.25) is 0 Å². The lowest BCUT2D eigenvalue weighted by Crippen LogP contribution is -2.55. The molecule has 4 rings (SSSR count). The van der Waals surface area contributed by atoms with Gasteiger partial charge in [0.05, 0.1) is 6.17 Å². The highest BCUT2D eigenvalue weighted by Gasteiger charge is 2.36. The van der Waals surface area contributed by atoms with Crippen LogP contribution < -0.4 is 4.90 Å². The molecular formula is C13H21N3. The lowest BCUT2D eigenvalue weighted by molar-refractivity contribution is 0.176. The zero-order valence-corrected chi connectivity index (χ0v) is 10.3. The van der Waals surface area contributed by atoms with Gasteiger partial charge in [0.1, 0.15) is 5.82 Å². The Morgan fingerprint density at radius 3 is 2.88 bits per heavy atom. The Kier molecular flexibility index (Phi) is 2.43. The molecule has 0 aromatic carbocycles. The minimum absolute atomic E-state index is 0.565. The number of anilines is 1. The van der Waals surface area contributed by atoms with Crippen LogP contribution in [0.25, 0.3) is 0 Å². The molecule has 3 nitrogen and oxygen atoms in total. The molecule has 0 aliphatic carbocycles. The zero-order valence-electron chi connectivity index (χ0n) is 10.3. The smallest absolute Gasteiger partial charge is 0.109 e. The monoisotopic (exact) mass is 219 g/mol. The van der Waals surface area contributed by atoms with E-state index in [4.69, 9.17) is 0 Å². The van der Waals surface area contributed by atoms with Crippen molar-refractivity contribution in [2.24, 2.45) is 7.05 Å². The van der Waals surface area contributed by atoms with Crippen LogP contribution >= 0.6 is 0 Å². The number of fused-ring (bicyclic) bond motifs is 4. The van der Waals surface area contributed by atoms with E-state index >= 15 is 0 Å². The van der Waals surface area contributed by atoms with Crippen molar-refractivity contribution in [3.05, 3.63) is 18.3 Å². The van der Waals surface area contributed by atoms with Crippen molar-refractivity contribution in [1.29, 1.82) is 0 Å². The number of nitrogens with zero attached hydrogens (tertiary/aromatic N) is 3. The molecule has 3 aliphatic heterocycles. The highest BCUT2D eigenvalue weighted by Crippen LogP contribution is 2.32. The van der Waals surface area contributed by atoms with Crippen LogP contribution in [-0.4, -0.2) is 34.8 Å². The van der Waals surface area contributed by atoms with Gasteiger partial charge in [-0.2, -0.15) is 0 Å². The van der Waals surface area contributed by atoms with Crippen molar-refractivity contribution < 1.29 is 0 Å². The average molecular weight is 219 g/mol. The molecule has 0 saturated carbocycles. The highest BCUT2D eigenvalue weighted by molar-refractivity contribution is 5.43. The average Bonchev–Trinajstić information content (AvgIpc) is 2.52. The maximum Gasteiger partial charge on any atom is 0.109 e. The molecule has 88 valence electrons. The first-order valence-corrected chi connectivity index (χ1v) is 6.41. The largest absolute Gasteiger partial charge is 0.340 e. The number of aromatic nitrogens is 1. The summed E-state index contributed by atoms with van der Waals surface area (Å²) in [4.78, 5) is 5.24. The third-order valence-corrected chi connectivity index (χ3v) is 4.24. The van der Waals surface area contributed by atoms with Crippen LogP contribution in [-0.2, 0) is 7.05 Å². The van der Waals surface area contributed by atoms with Crippen molar-refractivity contribution in [2.75, 3.05) is 18.0 Å². The molecular weight excluding hydrogens is 198 g/mol. The Morgan fingerprint density at radius 1 is 1.25 bits per heavy atom. The van der Waals surface area contributed by atoms with E-state index in [0.717, 1.165) is 6.04 Å². The van der Waals surface area contributed by atoms with E-state index in [0.29, 0.717) is 6.17 Å². The second-order valence-electron chi connectivity index (χ2n) is 5.14. The van der Waals surface area contributed by atoms with Gasteiger partial charge in [-0.05, 0) is 38.3 Å². The standard InChI is InChI=1S/C13H21N3/c1-11-15-9-3-5-12(7-10-15)16(11)13-6-4-8-14(13)2/h4,6,8,11-12H,3,5,7,9-10H2,1-2H3/t11-,12?/m0/s1. The zero-order chi connectivity index (χ0) is 11.1. The van der Waals surface area contributed by atoms with E-state index in [-0.39, 0.29) is 0 Å². The fraction of sp³-hybridized carbons (Fsp3) is 0.692. The lowest BCUT2D eigenvalue weighted by atomic mass is 10.1. The Hall–Kier alpha value is -0.960. The van der Waals surface area contributed by atoms with Crippen LogP contribution in [0.2, 0.25) is 0 Å². The first-order valence-electron chi connectivity index (χ1n) is 6.41. The lowest BCUT2D eigenvalue weighted by Gasteiger charge is -2.45. The predicted molar refractivity (Wildman–Crippen MR) is 66.6 cm³/mol. The molecule has 0 spiro atoms. The Bertz CT molecular complexity index is 365. The van der Waals surface area contributed by atoms with Gasteiger partial charge >= 0.3 is 0 Å². The summed E-state index contributed by atoms with van der Waals surface area (Å²) in [5.41, 5.74) is 0. The van der Waals surface area contributed by atoms with E-state index < -0.39 is 0 Å². The molecule has 3 heteroatoms.